The van der Waals surface area contributed by atoms with Crippen molar-refractivity contribution in [3.05, 3.63) is 89.0 Å². The van der Waals surface area contributed by atoms with Crippen LogP contribution in [0.15, 0.2) is 66.7 Å². The van der Waals surface area contributed by atoms with Crippen LogP contribution in [0.4, 0.5) is 0 Å². The van der Waals surface area contributed by atoms with Crippen molar-refractivity contribution in [2.75, 3.05) is 26.9 Å². The van der Waals surface area contributed by atoms with Crippen LogP contribution in [0.1, 0.15) is 29.2 Å². The molecule has 0 saturated heterocycles. The van der Waals surface area contributed by atoms with Crippen molar-refractivity contribution >= 4 is 24.3 Å². The number of benzene rings is 3. The van der Waals surface area contributed by atoms with E-state index in [1.807, 2.05) is 79.8 Å². The molecule has 4 heteroatoms. The first-order valence-corrected chi connectivity index (χ1v) is 10.3. The van der Waals surface area contributed by atoms with Gasteiger partial charge in [0.1, 0.15) is 23.9 Å². The van der Waals surface area contributed by atoms with Crippen molar-refractivity contribution in [1.82, 2.24) is 0 Å². The summed E-state index contributed by atoms with van der Waals surface area (Å²) in [7, 11) is 1.68. The summed E-state index contributed by atoms with van der Waals surface area (Å²) in [6, 6.07) is 21.1. The molecule has 0 radical (unpaired) electrons. The average Bonchev–Trinajstić information content (AvgIpc) is 2.81. The van der Waals surface area contributed by atoms with E-state index >= 15 is 0 Å². The molecule has 0 bridgehead atoms. The topological polar surface area (TPSA) is 47.9 Å². The molecule has 0 saturated carbocycles. The van der Waals surface area contributed by atoms with Crippen LogP contribution in [-0.2, 0) is 4.74 Å². The Kier molecular flexibility index (Phi) is 8.32. The lowest BCUT2D eigenvalue weighted by Gasteiger charge is -2.07. The smallest absolute Gasteiger partial charge is 0.126 e. The minimum Gasteiger partial charge on any atom is -0.508 e. The molecule has 4 nitrogen and oxygen atoms in total. The molecule has 0 unspecified atom stereocenters. The monoisotopic (exact) mass is 416 g/mol. The largest absolute Gasteiger partial charge is 0.508 e. The Morgan fingerprint density at radius 2 is 1.35 bits per heavy atom. The summed E-state index contributed by atoms with van der Waals surface area (Å²) in [5.41, 5.74) is 4.14. The lowest BCUT2D eigenvalue weighted by Crippen LogP contribution is -2.06. The van der Waals surface area contributed by atoms with Gasteiger partial charge in [-0.25, -0.2) is 0 Å². The van der Waals surface area contributed by atoms with Gasteiger partial charge in [0.2, 0.25) is 0 Å². The molecule has 1 N–H and O–H groups in total. The highest BCUT2D eigenvalue weighted by Gasteiger charge is 2.01. The van der Waals surface area contributed by atoms with Crippen LogP contribution in [0.3, 0.4) is 0 Å². The highest BCUT2D eigenvalue weighted by atomic mass is 16.5. The predicted octanol–water partition coefficient (Wildman–Crippen LogP) is 6.16. The number of phenols is 1. The van der Waals surface area contributed by atoms with E-state index in [9.17, 15) is 5.11 Å². The van der Waals surface area contributed by atoms with E-state index in [1.54, 1.807) is 19.2 Å². The van der Waals surface area contributed by atoms with Crippen LogP contribution in [0.5, 0.6) is 17.2 Å². The lowest BCUT2D eigenvalue weighted by atomic mass is 10.1. The zero-order valence-corrected chi connectivity index (χ0v) is 18.0. The number of rotatable bonds is 10. The third-order valence-electron chi connectivity index (χ3n) is 4.65. The van der Waals surface area contributed by atoms with Gasteiger partial charge < -0.3 is 19.3 Å². The fourth-order valence-corrected chi connectivity index (χ4v) is 2.97. The van der Waals surface area contributed by atoms with Crippen LogP contribution < -0.4 is 9.47 Å². The van der Waals surface area contributed by atoms with E-state index in [0.29, 0.717) is 19.8 Å². The molecule has 31 heavy (non-hydrogen) atoms. The molecule has 0 fully saturated rings. The summed E-state index contributed by atoms with van der Waals surface area (Å²) in [6.45, 7) is 3.82. The Balaban J connectivity index is 1.64. The molecule has 3 aromatic carbocycles. The van der Waals surface area contributed by atoms with Gasteiger partial charge in [-0.15, -0.1) is 0 Å². The summed E-state index contributed by atoms with van der Waals surface area (Å²) in [5.74, 6) is 1.90. The van der Waals surface area contributed by atoms with Gasteiger partial charge in [-0.3, -0.25) is 0 Å². The molecule has 3 aromatic rings. The second-order valence-corrected chi connectivity index (χ2v) is 6.87. The molecule has 0 aromatic heterocycles. The first-order valence-electron chi connectivity index (χ1n) is 10.3. The van der Waals surface area contributed by atoms with E-state index in [1.165, 1.54) is 0 Å². The Morgan fingerprint density at radius 1 is 0.742 bits per heavy atom. The first kappa shape index (κ1) is 22.2. The highest BCUT2D eigenvalue weighted by molar-refractivity contribution is 5.76. The standard InChI is InChI=1S/C27H28O4/c1-3-30-18-19-31-26-16-10-22(11-17-26)6-12-24-13-7-23(20-27(24)29-2)5-4-21-8-14-25(28)15-9-21/h4-17,20,28H,3,18-19H2,1-2H3/b5-4+,12-6+. The zero-order valence-electron chi connectivity index (χ0n) is 18.0. The summed E-state index contributed by atoms with van der Waals surface area (Å²) in [5, 5.41) is 9.38. The third-order valence-corrected chi connectivity index (χ3v) is 4.65. The molecule has 0 aliphatic heterocycles. The van der Waals surface area contributed by atoms with E-state index in [4.69, 9.17) is 14.2 Å². The number of methoxy groups -OCH3 is 1. The highest BCUT2D eigenvalue weighted by Crippen LogP contribution is 2.24. The second kappa shape index (κ2) is 11.6. The Hall–Kier alpha value is -3.50. The van der Waals surface area contributed by atoms with Crippen molar-refractivity contribution in [3.8, 4) is 17.2 Å². The Morgan fingerprint density at radius 3 is 2.03 bits per heavy atom. The van der Waals surface area contributed by atoms with Gasteiger partial charge in [-0.05, 0) is 53.9 Å². The van der Waals surface area contributed by atoms with Gasteiger partial charge in [-0.2, -0.15) is 0 Å². The zero-order chi connectivity index (χ0) is 21.9. The number of hydrogen-bond donors (Lipinski definition) is 1. The minimum atomic E-state index is 0.263. The Bertz CT molecular complexity index is 1000. The lowest BCUT2D eigenvalue weighted by molar-refractivity contribution is 0.110. The normalized spacial score (nSPS) is 11.3. The molecule has 160 valence electrons. The molecule has 0 atom stereocenters. The van der Waals surface area contributed by atoms with Crippen molar-refractivity contribution < 1.29 is 19.3 Å². The fraction of sp³-hybridized carbons (Fsp3) is 0.185. The van der Waals surface area contributed by atoms with Crippen LogP contribution in [0.2, 0.25) is 0 Å². The quantitative estimate of drug-likeness (QED) is 0.318. The van der Waals surface area contributed by atoms with E-state index < -0.39 is 0 Å². The summed E-state index contributed by atoms with van der Waals surface area (Å²) >= 11 is 0. The molecule has 0 spiro atoms. The van der Waals surface area contributed by atoms with Crippen LogP contribution in [-0.4, -0.2) is 32.0 Å². The predicted molar refractivity (Wildman–Crippen MR) is 127 cm³/mol. The maximum atomic E-state index is 9.38. The number of ether oxygens (including phenoxy) is 3. The van der Waals surface area contributed by atoms with Gasteiger partial charge in [0.05, 0.1) is 13.7 Å². The number of aromatic hydroxyl groups is 1. The minimum absolute atomic E-state index is 0.263. The SMILES string of the molecule is CCOCCOc1ccc(/C=C/c2ccc(/C=C/c3ccc(O)cc3)cc2OC)cc1. The fourth-order valence-electron chi connectivity index (χ4n) is 2.97. The second-order valence-electron chi connectivity index (χ2n) is 6.87. The van der Waals surface area contributed by atoms with Gasteiger partial charge in [0.15, 0.2) is 0 Å². The van der Waals surface area contributed by atoms with Gasteiger partial charge in [0.25, 0.3) is 0 Å². The van der Waals surface area contributed by atoms with Crippen molar-refractivity contribution in [3.63, 3.8) is 0 Å². The van der Waals surface area contributed by atoms with Crippen LogP contribution in [0.25, 0.3) is 24.3 Å². The molecular formula is C27H28O4. The van der Waals surface area contributed by atoms with Crippen molar-refractivity contribution in [2.24, 2.45) is 0 Å². The molecule has 0 amide bonds. The molecule has 3 rings (SSSR count). The van der Waals surface area contributed by atoms with Gasteiger partial charge >= 0.3 is 0 Å². The maximum absolute atomic E-state index is 9.38. The number of phenolic OH excluding ortho intramolecular Hbond substituents is 1. The van der Waals surface area contributed by atoms with E-state index in [0.717, 1.165) is 33.8 Å². The summed E-state index contributed by atoms with van der Waals surface area (Å²) < 4.78 is 16.5. The van der Waals surface area contributed by atoms with Gasteiger partial charge in [-0.1, -0.05) is 60.7 Å². The van der Waals surface area contributed by atoms with E-state index in [2.05, 4.69) is 6.07 Å². The van der Waals surface area contributed by atoms with Gasteiger partial charge in [0, 0.05) is 12.2 Å². The first-order chi connectivity index (χ1) is 15.2. The molecular weight excluding hydrogens is 388 g/mol. The van der Waals surface area contributed by atoms with E-state index in [-0.39, 0.29) is 5.75 Å². The molecule has 0 aliphatic carbocycles. The number of hydrogen-bond acceptors (Lipinski definition) is 4. The molecule has 0 aliphatic rings. The van der Waals surface area contributed by atoms with Crippen molar-refractivity contribution in [2.45, 2.75) is 6.92 Å². The third kappa shape index (κ3) is 7.05. The summed E-state index contributed by atoms with van der Waals surface area (Å²) in [6.07, 6.45) is 8.11. The average molecular weight is 417 g/mol. The Labute approximate surface area is 184 Å². The van der Waals surface area contributed by atoms with Crippen LogP contribution >= 0.6 is 0 Å². The maximum Gasteiger partial charge on any atom is 0.126 e. The molecule has 0 heterocycles. The van der Waals surface area contributed by atoms with Crippen molar-refractivity contribution in [1.29, 1.82) is 0 Å². The summed E-state index contributed by atoms with van der Waals surface area (Å²) in [4.78, 5) is 0. The van der Waals surface area contributed by atoms with Crippen LogP contribution in [0, 0.1) is 0 Å².